The van der Waals surface area contributed by atoms with E-state index in [0.29, 0.717) is 0 Å². The fourth-order valence-electron chi connectivity index (χ4n) is 2.16. The van der Waals surface area contributed by atoms with Crippen LogP contribution in [0, 0.1) is 13.8 Å². The minimum absolute atomic E-state index is 0.234. The maximum absolute atomic E-state index is 4.24. The van der Waals surface area contributed by atoms with Crippen LogP contribution in [-0.2, 0) is 0 Å². The third-order valence-electron chi connectivity index (χ3n) is 3.04. The van der Waals surface area contributed by atoms with Crippen LogP contribution in [0.2, 0.25) is 0 Å². The topological polar surface area (TPSA) is 24.9 Å². The predicted molar refractivity (Wildman–Crippen MR) is 71.1 cm³/mol. The summed E-state index contributed by atoms with van der Waals surface area (Å²) in [5.74, 6) is 0. The van der Waals surface area contributed by atoms with E-state index in [1.54, 1.807) is 0 Å². The van der Waals surface area contributed by atoms with E-state index in [0.717, 1.165) is 5.69 Å². The largest absolute Gasteiger partial charge is 0.309 e. The zero-order chi connectivity index (χ0) is 12.3. The van der Waals surface area contributed by atoms with Gasteiger partial charge in [0.1, 0.15) is 0 Å². The number of aromatic nitrogens is 1. The van der Waals surface area contributed by atoms with Gasteiger partial charge in [-0.3, -0.25) is 4.98 Å². The molecule has 0 saturated carbocycles. The van der Waals surface area contributed by atoms with Crippen molar-refractivity contribution >= 4 is 0 Å². The molecule has 2 aromatic rings. The van der Waals surface area contributed by atoms with Gasteiger partial charge in [0.2, 0.25) is 0 Å². The lowest BCUT2D eigenvalue weighted by Crippen LogP contribution is -2.18. The van der Waals surface area contributed by atoms with Gasteiger partial charge in [-0.1, -0.05) is 24.3 Å². The van der Waals surface area contributed by atoms with Crippen molar-refractivity contribution in [2.45, 2.75) is 19.9 Å². The SMILES string of the molecule is CNC(c1ccnc(C)c1)c1ccccc1C. The molecule has 17 heavy (non-hydrogen) atoms. The summed E-state index contributed by atoms with van der Waals surface area (Å²) in [7, 11) is 1.99. The minimum atomic E-state index is 0.234. The zero-order valence-corrected chi connectivity index (χ0v) is 10.6. The highest BCUT2D eigenvalue weighted by Gasteiger charge is 2.13. The summed E-state index contributed by atoms with van der Waals surface area (Å²) in [6, 6.07) is 12.9. The summed E-state index contributed by atoms with van der Waals surface area (Å²) in [6.07, 6.45) is 1.87. The Hall–Kier alpha value is -1.67. The van der Waals surface area contributed by atoms with Crippen LogP contribution in [0.4, 0.5) is 0 Å². The Kier molecular flexibility index (Phi) is 3.55. The van der Waals surface area contributed by atoms with Crippen molar-refractivity contribution in [3.05, 3.63) is 65.0 Å². The molecule has 0 aliphatic carbocycles. The predicted octanol–water partition coefficient (Wildman–Crippen LogP) is 3.01. The maximum atomic E-state index is 4.24. The van der Waals surface area contributed by atoms with Gasteiger partial charge in [-0.25, -0.2) is 0 Å². The molecule has 0 aliphatic rings. The van der Waals surface area contributed by atoms with E-state index in [1.165, 1.54) is 16.7 Å². The second-order valence-electron chi connectivity index (χ2n) is 4.31. The summed E-state index contributed by atoms with van der Waals surface area (Å²) in [6.45, 7) is 4.17. The number of hydrogen-bond acceptors (Lipinski definition) is 2. The first-order valence-electron chi connectivity index (χ1n) is 5.87. The van der Waals surface area contributed by atoms with Crippen molar-refractivity contribution in [3.63, 3.8) is 0 Å². The van der Waals surface area contributed by atoms with Crippen LogP contribution in [-0.4, -0.2) is 12.0 Å². The monoisotopic (exact) mass is 226 g/mol. The van der Waals surface area contributed by atoms with E-state index < -0.39 is 0 Å². The molecule has 0 saturated heterocycles. The molecule has 1 atom stereocenters. The number of nitrogens with zero attached hydrogens (tertiary/aromatic N) is 1. The molecule has 1 heterocycles. The first-order chi connectivity index (χ1) is 8.22. The average Bonchev–Trinajstić information content (AvgIpc) is 2.33. The molecular formula is C15H18N2. The highest BCUT2D eigenvalue weighted by atomic mass is 14.9. The summed E-state index contributed by atoms with van der Waals surface area (Å²) in [5.41, 5.74) is 4.94. The van der Waals surface area contributed by atoms with Gasteiger partial charge in [-0.05, 0) is 49.7 Å². The molecule has 0 spiro atoms. The van der Waals surface area contributed by atoms with Crippen molar-refractivity contribution < 1.29 is 0 Å². The third kappa shape index (κ3) is 2.53. The lowest BCUT2D eigenvalue weighted by Gasteiger charge is -2.19. The Morgan fingerprint density at radius 1 is 1.12 bits per heavy atom. The average molecular weight is 226 g/mol. The molecule has 0 fully saturated rings. The van der Waals surface area contributed by atoms with Crippen LogP contribution in [0.5, 0.6) is 0 Å². The molecule has 0 bridgehead atoms. The van der Waals surface area contributed by atoms with E-state index in [-0.39, 0.29) is 6.04 Å². The second kappa shape index (κ2) is 5.11. The summed E-state index contributed by atoms with van der Waals surface area (Å²) < 4.78 is 0. The van der Waals surface area contributed by atoms with Crippen LogP contribution in [0.3, 0.4) is 0 Å². The Balaban J connectivity index is 2.44. The molecule has 1 aromatic carbocycles. The number of rotatable bonds is 3. The summed E-state index contributed by atoms with van der Waals surface area (Å²) in [5, 5.41) is 3.37. The molecule has 88 valence electrons. The van der Waals surface area contributed by atoms with Crippen molar-refractivity contribution in [1.82, 2.24) is 10.3 Å². The zero-order valence-electron chi connectivity index (χ0n) is 10.6. The lowest BCUT2D eigenvalue weighted by atomic mass is 9.95. The molecule has 0 radical (unpaired) electrons. The van der Waals surface area contributed by atoms with Crippen LogP contribution >= 0.6 is 0 Å². The second-order valence-corrected chi connectivity index (χ2v) is 4.31. The van der Waals surface area contributed by atoms with Gasteiger partial charge in [0.15, 0.2) is 0 Å². The lowest BCUT2D eigenvalue weighted by molar-refractivity contribution is 0.685. The minimum Gasteiger partial charge on any atom is -0.309 e. The summed E-state index contributed by atoms with van der Waals surface area (Å²) in [4.78, 5) is 4.24. The van der Waals surface area contributed by atoms with E-state index in [4.69, 9.17) is 0 Å². The molecule has 1 aromatic heterocycles. The van der Waals surface area contributed by atoms with Crippen LogP contribution in [0.15, 0.2) is 42.6 Å². The highest BCUT2D eigenvalue weighted by molar-refractivity contribution is 5.36. The van der Waals surface area contributed by atoms with Gasteiger partial charge in [0.25, 0.3) is 0 Å². The number of pyridine rings is 1. The van der Waals surface area contributed by atoms with Crippen LogP contribution in [0.1, 0.15) is 28.4 Å². The Morgan fingerprint density at radius 3 is 2.53 bits per heavy atom. The van der Waals surface area contributed by atoms with Gasteiger partial charge >= 0.3 is 0 Å². The molecule has 0 aliphatic heterocycles. The van der Waals surface area contributed by atoms with Gasteiger partial charge in [-0.15, -0.1) is 0 Å². The van der Waals surface area contributed by atoms with E-state index >= 15 is 0 Å². The quantitative estimate of drug-likeness (QED) is 0.870. The number of nitrogens with one attached hydrogen (secondary N) is 1. The smallest absolute Gasteiger partial charge is 0.0578 e. The highest BCUT2D eigenvalue weighted by Crippen LogP contribution is 2.24. The number of benzene rings is 1. The van der Waals surface area contributed by atoms with Gasteiger partial charge in [0.05, 0.1) is 6.04 Å². The Morgan fingerprint density at radius 2 is 1.88 bits per heavy atom. The molecule has 0 amide bonds. The van der Waals surface area contributed by atoms with Crippen LogP contribution < -0.4 is 5.32 Å². The molecule has 2 nitrogen and oxygen atoms in total. The molecule has 2 heteroatoms. The normalized spacial score (nSPS) is 12.4. The van der Waals surface area contributed by atoms with E-state index in [2.05, 4.69) is 53.6 Å². The fraction of sp³-hybridized carbons (Fsp3) is 0.267. The first kappa shape index (κ1) is 11.8. The third-order valence-corrected chi connectivity index (χ3v) is 3.04. The molecular weight excluding hydrogens is 208 g/mol. The Bertz CT molecular complexity index is 506. The first-order valence-corrected chi connectivity index (χ1v) is 5.87. The van der Waals surface area contributed by atoms with Crippen molar-refractivity contribution in [2.75, 3.05) is 7.05 Å². The summed E-state index contributed by atoms with van der Waals surface area (Å²) >= 11 is 0. The van der Waals surface area contributed by atoms with Crippen molar-refractivity contribution in [1.29, 1.82) is 0 Å². The number of aryl methyl sites for hydroxylation is 2. The van der Waals surface area contributed by atoms with Gasteiger partial charge < -0.3 is 5.32 Å². The van der Waals surface area contributed by atoms with Gasteiger partial charge in [-0.2, -0.15) is 0 Å². The van der Waals surface area contributed by atoms with E-state index in [1.807, 2.05) is 20.2 Å². The number of hydrogen-bond donors (Lipinski definition) is 1. The standard InChI is InChI=1S/C15H18N2/c1-11-6-4-5-7-14(11)15(16-3)13-8-9-17-12(2)10-13/h4-10,15-16H,1-3H3. The molecule has 1 unspecified atom stereocenters. The molecule has 1 N–H and O–H groups in total. The van der Waals surface area contributed by atoms with Gasteiger partial charge in [0, 0.05) is 11.9 Å². The van der Waals surface area contributed by atoms with Crippen LogP contribution in [0.25, 0.3) is 0 Å². The Labute approximate surface area is 103 Å². The van der Waals surface area contributed by atoms with E-state index in [9.17, 15) is 0 Å². The molecule has 2 rings (SSSR count). The van der Waals surface area contributed by atoms with Crippen molar-refractivity contribution in [3.8, 4) is 0 Å². The fourth-order valence-corrected chi connectivity index (χ4v) is 2.16. The van der Waals surface area contributed by atoms with Crippen molar-refractivity contribution in [2.24, 2.45) is 0 Å². The maximum Gasteiger partial charge on any atom is 0.0578 e.